The summed E-state index contributed by atoms with van der Waals surface area (Å²) in [6, 6.07) is 10.4. The fourth-order valence-electron chi connectivity index (χ4n) is 3.38. The molecule has 4 rings (SSSR count). The molecule has 1 aliphatic rings. The van der Waals surface area contributed by atoms with E-state index >= 15 is 0 Å². The van der Waals surface area contributed by atoms with E-state index in [0.717, 1.165) is 29.3 Å². The number of nitrogens with one attached hydrogen (secondary N) is 2. The quantitative estimate of drug-likeness (QED) is 0.709. The number of benzene rings is 1. The zero-order valence-corrected chi connectivity index (χ0v) is 16.2. The lowest BCUT2D eigenvalue weighted by Crippen LogP contribution is -2.34. The van der Waals surface area contributed by atoms with Gasteiger partial charge in [-0.3, -0.25) is 14.5 Å². The Hall–Kier alpha value is -3.13. The third-order valence-electron chi connectivity index (χ3n) is 4.71. The highest BCUT2D eigenvalue weighted by molar-refractivity contribution is 7.92. The van der Waals surface area contributed by atoms with Gasteiger partial charge in [-0.15, -0.1) is 0 Å². The lowest BCUT2D eigenvalue weighted by molar-refractivity contribution is 0.0773. The van der Waals surface area contributed by atoms with Crippen LogP contribution in [0.25, 0.3) is 16.6 Å². The number of nitrogens with zero attached hydrogens (tertiary/aromatic N) is 2. The molecule has 2 aromatic heterocycles. The number of anilines is 1. The number of hydrogen-bond acceptors (Lipinski definition) is 4. The first-order valence-electron chi connectivity index (χ1n) is 8.89. The summed E-state index contributed by atoms with van der Waals surface area (Å²) in [6.07, 6.45) is 7.66. The minimum atomic E-state index is -3.33. The van der Waals surface area contributed by atoms with E-state index < -0.39 is 10.0 Å². The van der Waals surface area contributed by atoms with Gasteiger partial charge in [0.05, 0.1) is 17.3 Å². The van der Waals surface area contributed by atoms with Crippen molar-refractivity contribution in [1.82, 2.24) is 14.9 Å². The lowest BCUT2D eigenvalue weighted by Gasteiger charge is -2.26. The molecule has 8 heteroatoms. The van der Waals surface area contributed by atoms with Gasteiger partial charge in [-0.2, -0.15) is 0 Å². The minimum absolute atomic E-state index is 0.0711. The van der Waals surface area contributed by atoms with Gasteiger partial charge in [0.15, 0.2) is 0 Å². The van der Waals surface area contributed by atoms with Gasteiger partial charge in [-0.1, -0.05) is 6.08 Å². The molecule has 0 unspecified atom stereocenters. The molecular weight excluding hydrogens is 376 g/mol. The monoisotopic (exact) mass is 396 g/mol. The Bertz CT molecular complexity index is 1160. The molecule has 1 amide bonds. The minimum Gasteiger partial charge on any atom is -0.359 e. The van der Waals surface area contributed by atoms with Crippen LogP contribution < -0.4 is 4.72 Å². The molecular formula is C20H20N4O3S. The standard InChI is InChI=1S/C20H20N4O3S/c1-28(26,27)23-16-6-4-15(5-7-16)20(25)24-11-8-14(9-12-24)17-13-22-18-3-2-10-21-19(17)18/h2-8,10,13,22-23H,9,11-12H2,1H3. The van der Waals surface area contributed by atoms with Gasteiger partial charge in [0.25, 0.3) is 5.91 Å². The molecule has 3 heterocycles. The molecule has 144 valence electrons. The number of pyridine rings is 1. The zero-order chi connectivity index (χ0) is 19.7. The van der Waals surface area contributed by atoms with Crippen molar-refractivity contribution in [2.24, 2.45) is 0 Å². The molecule has 0 atom stereocenters. The number of carbonyl (C=O) groups is 1. The van der Waals surface area contributed by atoms with E-state index in [2.05, 4.69) is 20.8 Å². The second-order valence-corrected chi connectivity index (χ2v) is 8.53. The molecule has 1 aromatic carbocycles. The second-order valence-electron chi connectivity index (χ2n) is 6.78. The molecule has 0 saturated heterocycles. The van der Waals surface area contributed by atoms with Crippen LogP contribution in [0.1, 0.15) is 22.3 Å². The van der Waals surface area contributed by atoms with Gasteiger partial charge < -0.3 is 9.88 Å². The highest BCUT2D eigenvalue weighted by Gasteiger charge is 2.21. The Labute approximate surface area is 163 Å². The summed E-state index contributed by atoms with van der Waals surface area (Å²) in [4.78, 5) is 22.2. The van der Waals surface area contributed by atoms with Crippen LogP contribution in [0, 0.1) is 0 Å². The largest absolute Gasteiger partial charge is 0.359 e. The number of rotatable bonds is 4. The Kier molecular flexibility index (Phi) is 4.64. The van der Waals surface area contributed by atoms with Crippen LogP contribution in [-0.4, -0.2) is 48.5 Å². The third-order valence-corrected chi connectivity index (χ3v) is 5.32. The molecule has 2 N–H and O–H groups in total. The van der Waals surface area contributed by atoms with Gasteiger partial charge in [-0.25, -0.2) is 8.42 Å². The van der Waals surface area contributed by atoms with E-state index in [0.29, 0.717) is 24.3 Å². The van der Waals surface area contributed by atoms with Crippen molar-refractivity contribution < 1.29 is 13.2 Å². The van der Waals surface area contributed by atoms with Gasteiger partial charge in [-0.05, 0) is 48.4 Å². The van der Waals surface area contributed by atoms with E-state index in [-0.39, 0.29) is 5.91 Å². The second kappa shape index (κ2) is 7.12. The van der Waals surface area contributed by atoms with Crippen molar-refractivity contribution in [2.45, 2.75) is 6.42 Å². The van der Waals surface area contributed by atoms with Crippen LogP contribution in [0.2, 0.25) is 0 Å². The molecule has 0 bridgehead atoms. The van der Waals surface area contributed by atoms with E-state index in [1.54, 1.807) is 35.4 Å². The molecule has 0 saturated carbocycles. The van der Waals surface area contributed by atoms with Crippen molar-refractivity contribution in [3.8, 4) is 0 Å². The number of aromatic nitrogens is 2. The molecule has 7 nitrogen and oxygen atoms in total. The number of sulfonamides is 1. The first kappa shape index (κ1) is 18.2. The SMILES string of the molecule is CS(=O)(=O)Nc1ccc(C(=O)N2CC=C(c3c[nH]c4cccnc34)CC2)cc1. The Balaban J connectivity index is 1.47. The zero-order valence-electron chi connectivity index (χ0n) is 15.3. The number of amides is 1. The summed E-state index contributed by atoms with van der Waals surface area (Å²) < 4.78 is 24.9. The number of aromatic amines is 1. The number of hydrogen-bond donors (Lipinski definition) is 2. The van der Waals surface area contributed by atoms with Crippen LogP contribution >= 0.6 is 0 Å². The molecule has 0 aliphatic carbocycles. The van der Waals surface area contributed by atoms with E-state index in [9.17, 15) is 13.2 Å². The fourth-order valence-corrected chi connectivity index (χ4v) is 3.94. The van der Waals surface area contributed by atoms with Crippen molar-refractivity contribution in [1.29, 1.82) is 0 Å². The summed E-state index contributed by atoms with van der Waals surface area (Å²) in [5, 5.41) is 0. The predicted molar refractivity (Wildman–Crippen MR) is 109 cm³/mol. The normalized spacial score (nSPS) is 14.8. The van der Waals surface area contributed by atoms with Crippen molar-refractivity contribution >= 4 is 38.2 Å². The highest BCUT2D eigenvalue weighted by Crippen LogP contribution is 2.28. The number of fused-ring (bicyclic) bond motifs is 1. The summed E-state index contributed by atoms with van der Waals surface area (Å²) in [7, 11) is -3.33. The van der Waals surface area contributed by atoms with Crippen molar-refractivity contribution in [3.63, 3.8) is 0 Å². The average molecular weight is 396 g/mol. The topological polar surface area (TPSA) is 95.2 Å². The summed E-state index contributed by atoms with van der Waals surface area (Å²) >= 11 is 0. The summed E-state index contributed by atoms with van der Waals surface area (Å²) in [5.74, 6) is -0.0711. The Morgan fingerprint density at radius 1 is 1.21 bits per heavy atom. The third kappa shape index (κ3) is 3.77. The molecule has 0 spiro atoms. The lowest BCUT2D eigenvalue weighted by atomic mass is 10.0. The first-order valence-corrected chi connectivity index (χ1v) is 10.8. The molecule has 1 aliphatic heterocycles. The molecule has 0 radical (unpaired) electrons. The van der Waals surface area contributed by atoms with Gasteiger partial charge in [0.2, 0.25) is 10.0 Å². The maximum Gasteiger partial charge on any atom is 0.254 e. The average Bonchev–Trinajstić information content (AvgIpc) is 3.11. The summed E-state index contributed by atoms with van der Waals surface area (Å²) in [6.45, 7) is 1.14. The van der Waals surface area contributed by atoms with Crippen molar-refractivity contribution in [3.05, 3.63) is 66.0 Å². The van der Waals surface area contributed by atoms with Crippen LogP contribution in [0.3, 0.4) is 0 Å². The van der Waals surface area contributed by atoms with Gasteiger partial charge in [0.1, 0.15) is 0 Å². The number of H-pyrrole nitrogens is 1. The van der Waals surface area contributed by atoms with Gasteiger partial charge in [0, 0.05) is 42.3 Å². The molecule has 0 fully saturated rings. The fraction of sp³-hybridized carbons (Fsp3) is 0.200. The van der Waals surface area contributed by atoms with Crippen molar-refractivity contribution in [2.75, 3.05) is 24.1 Å². The van der Waals surface area contributed by atoms with Crippen LogP contribution in [-0.2, 0) is 10.0 Å². The molecule has 3 aromatic rings. The van der Waals surface area contributed by atoms with E-state index in [4.69, 9.17) is 0 Å². The Morgan fingerprint density at radius 2 is 2.00 bits per heavy atom. The van der Waals surface area contributed by atoms with Gasteiger partial charge >= 0.3 is 0 Å². The summed E-state index contributed by atoms with van der Waals surface area (Å²) in [5.41, 5.74) is 5.18. The van der Waals surface area contributed by atoms with Crippen LogP contribution in [0.4, 0.5) is 5.69 Å². The molecule has 28 heavy (non-hydrogen) atoms. The number of carbonyl (C=O) groups excluding carboxylic acids is 1. The van der Waals surface area contributed by atoms with E-state index in [1.807, 2.05) is 18.3 Å². The Morgan fingerprint density at radius 3 is 2.68 bits per heavy atom. The smallest absolute Gasteiger partial charge is 0.254 e. The van der Waals surface area contributed by atoms with Crippen LogP contribution in [0.5, 0.6) is 0 Å². The first-order chi connectivity index (χ1) is 13.4. The predicted octanol–water partition coefficient (Wildman–Crippen LogP) is 2.86. The maximum atomic E-state index is 12.7. The maximum absolute atomic E-state index is 12.7. The van der Waals surface area contributed by atoms with E-state index in [1.165, 1.54) is 5.57 Å². The van der Waals surface area contributed by atoms with Crippen LogP contribution in [0.15, 0.2) is 54.9 Å². The highest BCUT2D eigenvalue weighted by atomic mass is 32.2.